The summed E-state index contributed by atoms with van der Waals surface area (Å²) in [6.45, 7) is 0.813. The molecule has 3 aromatic rings. The van der Waals surface area contributed by atoms with Crippen molar-refractivity contribution in [3.05, 3.63) is 54.1 Å². The number of benzene rings is 2. The maximum atomic E-state index is 12.3. The van der Waals surface area contributed by atoms with E-state index < -0.39 is 0 Å². The van der Waals surface area contributed by atoms with Crippen LogP contribution in [0.25, 0.3) is 10.9 Å². The maximum Gasteiger partial charge on any atom is 0.230 e. The number of fused-ring (bicyclic) bond motifs is 1. The lowest BCUT2D eigenvalue weighted by Crippen LogP contribution is -2.29. The topological polar surface area (TPSA) is 101 Å². The van der Waals surface area contributed by atoms with Crippen LogP contribution in [0.1, 0.15) is 5.56 Å². The van der Waals surface area contributed by atoms with Gasteiger partial charge in [0.25, 0.3) is 0 Å². The molecule has 1 aromatic heterocycles. The van der Waals surface area contributed by atoms with E-state index in [0.717, 1.165) is 22.2 Å². The molecule has 0 saturated heterocycles. The number of hydrogen-bond donors (Lipinski definition) is 4. The number of hydrogen-bond acceptors (Lipinski definition) is 5. The lowest BCUT2D eigenvalue weighted by molar-refractivity contribution is -0.115. The SMILES string of the molecule is O=C(Cc1ccccc1)Nc1n[nH]c2ccc(N(CCO)CCO)cc12. The van der Waals surface area contributed by atoms with Gasteiger partial charge in [-0.15, -0.1) is 0 Å². The Morgan fingerprint density at radius 1 is 1.08 bits per heavy atom. The van der Waals surface area contributed by atoms with Crippen LogP contribution in [-0.4, -0.2) is 52.6 Å². The first-order valence-corrected chi connectivity index (χ1v) is 8.50. The van der Waals surface area contributed by atoms with Crippen molar-refractivity contribution in [1.82, 2.24) is 10.2 Å². The third-order valence-corrected chi connectivity index (χ3v) is 4.12. The smallest absolute Gasteiger partial charge is 0.230 e. The highest BCUT2D eigenvalue weighted by molar-refractivity contribution is 6.01. The van der Waals surface area contributed by atoms with E-state index in [1.807, 2.05) is 53.4 Å². The molecule has 0 aliphatic carbocycles. The van der Waals surface area contributed by atoms with E-state index in [4.69, 9.17) is 0 Å². The number of aliphatic hydroxyl groups excluding tert-OH is 2. The van der Waals surface area contributed by atoms with E-state index in [2.05, 4.69) is 15.5 Å². The zero-order chi connectivity index (χ0) is 18.4. The second kappa shape index (κ2) is 8.46. The number of nitrogens with zero attached hydrogens (tertiary/aromatic N) is 2. The number of aromatic nitrogens is 2. The van der Waals surface area contributed by atoms with E-state index in [9.17, 15) is 15.0 Å². The number of amides is 1. The first-order chi connectivity index (χ1) is 12.7. The minimum atomic E-state index is -0.141. The van der Waals surface area contributed by atoms with Gasteiger partial charge in [0.05, 0.1) is 25.2 Å². The van der Waals surface area contributed by atoms with E-state index in [1.165, 1.54) is 0 Å². The standard InChI is InChI=1S/C19H22N4O3/c24-10-8-23(9-11-25)15-6-7-17-16(13-15)19(22-21-17)20-18(26)12-14-4-2-1-3-5-14/h1-7,13,24-25H,8-12H2,(H2,20,21,22,26). The Bertz CT molecular complexity index is 858. The largest absolute Gasteiger partial charge is 0.395 e. The van der Waals surface area contributed by atoms with E-state index >= 15 is 0 Å². The van der Waals surface area contributed by atoms with Crippen molar-refractivity contribution in [3.63, 3.8) is 0 Å². The average molecular weight is 354 g/mol. The number of carbonyl (C=O) groups excluding carboxylic acids is 1. The summed E-state index contributed by atoms with van der Waals surface area (Å²) < 4.78 is 0. The summed E-state index contributed by atoms with van der Waals surface area (Å²) in [7, 11) is 0. The summed E-state index contributed by atoms with van der Waals surface area (Å²) >= 11 is 0. The number of nitrogens with one attached hydrogen (secondary N) is 2. The third kappa shape index (κ3) is 4.19. The molecule has 0 spiro atoms. The first kappa shape index (κ1) is 17.9. The number of aliphatic hydroxyl groups is 2. The van der Waals surface area contributed by atoms with E-state index in [0.29, 0.717) is 18.9 Å². The Hall–Kier alpha value is -2.90. The molecule has 0 aliphatic heterocycles. The Kier molecular flexibility index (Phi) is 5.83. The molecule has 1 heterocycles. The lowest BCUT2D eigenvalue weighted by atomic mass is 10.1. The molecule has 0 bridgehead atoms. The van der Waals surface area contributed by atoms with Gasteiger partial charge in [0, 0.05) is 24.2 Å². The Labute approximate surface area is 151 Å². The molecular formula is C19H22N4O3. The molecule has 26 heavy (non-hydrogen) atoms. The highest BCUT2D eigenvalue weighted by Gasteiger charge is 2.13. The van der Waals surface area contributed by atoms with Crippen LogP contribution in [0.5, 0.6) is 0 Å². The molecule has 4 N–H and O–H groups in total. The average Bonchev–Trinajstić information content (AvgIpc) is 3.04. The summed E-state index contributed by atoms with van der Waals surface area (Å²) in [5.74, 6) is 0.327. The van der Waals surface area contributed by atoms with Crippen LogP contribution in [-0.2, 0) is 11.2 Å². The molecule has 7 nitrogen and oxygen atoms in total. The minimum Gasteiger partial charge on any atom is -0.395 e. The summed E-state index contributed by atoms with van der Waals surface area (Å²) in [5, 5.41) is 29.2. The molecule has 1 amide bonds. The quantitative estimate of drug-likeness (QED) is 0.491. The zero-order valence-electron chi connectivity index (χ0n) is 14.4. The summed E-state index contributed by atoms with van der Waals surface area (Å²) in [5.41, 5.74) is 2.58. The summed E-state index contributed by atoms with van der Waals surface area (Å²) in [4.78, 5) is 14.2. The fraction of sp³-hybridized carbons (Fsp3) is 0.263. The third-order valence-electron chi connectivity index (χ3n) is 4.12. The predicted molar refractivity (Wildman–Crippen MR) is 101 cm³/mol. The predicted octanol–water partition coefficient (Wildman–Crippen LogP) is 1.54. The van der Waals surface area contributed by atoms with Crippen molar-refractivity contribution in [2.75, 3.05) is 36.5 Å². The fourth-order valence-electron chi connectivity index (χ4n) is 2.86. The maximum absolute atomic E-state index is 12.3. The molecule has 7 heteroatoms. The zero-order valence-corrected chi connectivity index (χ0v) is 14.4. The summed E-state index contributed by atoms with van der Waals surface area (Å²) in [6.07, 6.45) is 0.274. The second-order valence-corrected chi connectivity index (χ2v) is 5.95. The number of carbonyl (C=O) groups is 1. The minimum absolute atomic E-state index is 0.00983. The van der Waals surface area contributed by atoms with Gasteiger partial charge in [-0.05, 0) is 23.8 Å². The van der Waals surface area contributed by atoms with Gasteiger partial charge in [-0.1, -0.05) is 30.3 Å². The van der Waals surface area contributed by atoms with E-state index in [-0.39, 0.29) is 25.5 Å². The lowest BCUT2D eigenvalue weighted by Gasteiger charge is -2.23. The van der Waals surface area contributed by atoms with Crippen LogP contribution in [0.2, 0.25) is 0 Å². The fourth-order valence-corrected chi connectivity index (χ4v) is 2.86. The first-order valence-electron chi connectivity index (χ1n) is 8.50. The van der Waals surface area contributed by atoms with Crippen LogP contribution in [0.3, 0.4) is 0 Å². The molecule has 2 aromatic carbocycles. The van der Waals surface area contributed by atoms with Crippen molar-refractivity contribution in [2.45, 2.75) is 6.42 Å². The van der Waals surface area contributed by atoms with Crippen molar-refractivity contribution in [2.24, 2.45) is 0 Å². The Balaban J connectivity index is 1.80. The normalized spacial score (nSPS) is 10.8. The summed E-state index contributed by atoms with van der Waals surface area (Å²) in [6, 6.07) is 15.2. The van der Waals surface area contributed by atoms with Gasteiger partial charge < -0.3 is 20.4 Å². The van der Waals surface area contributed by atoms with Gasteiger partial charge in [0.15, 0.2) is 5.82 Å². The van der Waals surface area contributed by atoms with Crippen molar-refractivity contribution in [3.8, 4) is 0 Å². The van der Waals surface area contributed by atoms with Gasteiger partial charge >= 0.3 is 0 Å². The number of aromatic amines is 1. The van der Waals surface area contributed by atoms with Crippen LogP contribution in [0, 0.1) is 0 Å². The number of anilines is 2. The molecule has 136 valence electrons. The number of H-pyrrole nitrogens is 1. The molecule has 0 atom stereocenters. The van der Waals surface area contributed by atoms with Crippen molar-refractivity contribution >= 4 is 28.3 Å². The van der Waals surface area contributed by atoms with Crippen LogP contribution >= 0.6 is 0 Å². The second-order valence-electron chi connectivity index (χ2n) is 5.95. The molecule has 3 rings (SSSR count). The van der Waals surface area contributed by atoms with Gasteiger partial charge in [-0.3, -0.25) is 9.89 Å². The van der Waals surface area contributed by atoms with Crippen molar-refractivity contribution in [1.29, 1.82) is 0 Å². The van der Waals surface area contributed by atoms with Crippen LogP contribution in [0.15, 0.2) is 48.5 Å². The highest BCUT2D eigenvalue weighted by Crippen LogP contribution is 2.26. The molecule has 0 saturated carbocycles. The van der Waals surface area contributed by atoms with E-state index in [1.54, 1.807) is 0 Å². The van der Waals surface area contributed by atoms with Gasteiger partial charge in [0.1, 0.15) is 0 Å². The molecule has 0 unspecified atom stereocenters. The van der Waals surface area contributed by atoms with Gasteiger partial charge in [-0.2, -0.15) is 5.10 Å². The Morgan fingerprint density at radius 3 is 2.50 bits per heavy atom. The highest BCUT2D eigenvalue weighted by atomic mass is 16.3. The van der Waals surface area contributed by atoms with Crippen LogP contribution in [0.4, 0.5) is 11.5 Å². The molecular weight excluding hydrogens is 332 g/mol. The molecule has 0 fully saturated rings. The Morgan fingerprint density at radius 2 is 1.81 bits per heavy atom. The van der Waals surface area contributed by atoms with Crippen LogP contribution < -0.4 is 10.2 Å². The molecule has 0 aliphatic rings. The molecule has 0 radical (unpaired) electrons. The van der Waals surface area contributed by atoms with Gasteiger partial charge in [-0.25, -0.2) is 0 Å². The van der Waals surface area contributed by atoms with Crippen molar-refractivity contribution < 1.29 is 15.0 Å². The monoisotopic (exact) mass is 354 g/mol. The number of rotatable bonds is 8. The van der Waals surface area contributed by atoms with Gasteiger partial charge in [0.2, 0.25) is 5.91 Å².